The van der Waals surface area contributed by atoms with Crippen LogP contribution in [0.2, 0.25) is 0 Å². The summed E-state index contributed by atoms with van der Waals surface area (Å²) in [6, 6.07) is 10.1. The molecule has 2 atom stereocenters. The fourth-order valence-electron chi connectivity index (χ4n) is 2.50. The summed E-state index contributed by atoms with van der Waals surface area (Å²) in [5, 5.41) is 21.7. The molecule has 1 aromatic rings. The van der Waals surface area contributed by atoms with Crippen LogP contribution in [-0.2, 0) is 6.54 Å². The molecule has 1 aliphatic carbocycles. The number of rotatable bonds is 5. The molecule has 0 heterocycles. The van der Waals surface area contributed by atoms with Crippen LogP contribution in [0.5, 0.6) is 5.75 Å². The molecule has 0 bridgehead atoms. The second-order valence-corrected chi connectivity index (χ2v) is 4.95. The number of nitrogens with one attached hydrogen (secondary N) is 1. The maximum absolute atomic E-state index is 9.65. The highest BCUT2D eigenvalue weighted by molar-refractivity contribution is 5.33. The lowest BCUT2D eigenvalue weighted by atomic mass is 9.93. The van der Waals surface area contributed by atoms with Crippen LogP contribution >= 0.6 is 0 Å². The van der Waals surface area contributed by atoms with Crippen molar-refractivity contribution in [2.24, 2.45) is 0 Å². The van der Waals surface area contributed by atoms with Crippen LogP contribution in [0.15, 0.2) is 24.3 Å². The second-order valence-electron chi connectivity index (χ2n) is 4.95. The molecule has 0 radical (unpaired) electrons. The summed E-state index contributed by atoms with van der Waals surface area (Å²) in [5.41, 5.74) is 1.05. The smallest absolute Gasteiger partial charge is 0.174 e. The van der Waals surface area contributed by atoms with E-state index >= 15 is 0 Å². The molecule has 1 saturated carbocycles. The molecular formula is C15H20N2O2. The summed E-state index contributed by atoms with van der Waals surface area (Å²) in [4.78, 5) is 0. The summed E-state index contributed by atoms with van der Waals surface area (Å²) >= 11 is 0. The van der Waals surface area contributed by atoms with Gasteiger partial charge < -0.3 is 15.2 Å². The molecule has 1 aromatic carbocycles. The standard InChI is InChI=1S/C15H20N2O2/c16-8-9-19-15-7-2-1-4-12(15)11-17-13-5-3-6-14(18)10-13/h1-2,4,7,13-14,17-18H,3,5-6,9-11H2. The highest BCUT2D eigenvalue weighted by Crippen LogP contribution is 2.21. The fourth-order valence-corrected chi connectivity index (χ4v) is 2.50. The first-order valence-electron chi connectivity index (χ1n) is 6.78. The molecule has 2 rings (SSSR count). The van der Waals surface area contributed by atoms with E-state index < -0.39 is 0 Å². The molecule has 2 N–H and O–H groups in total. The van der Waals surface area contributed by atoms with E-state index in [-0.39, 0.29) is 12.7 Å². The molecule has 1 fully saturated rings. The van der Waals surface area contributed by atoms with Crippen molar-refractivity contribution >= 4 is 0 Å². The van der Waals surface area contributed by atoms with E-state index in [4.69, 9.17) is 10.00 Å². The molecule has 2 unspecified atom stereocenters. The Balaban J connectivity index is 1.89. The zero-order chi connectivity index (χ0) is 13.5. The van der Waals surface area contributed by atoms with Crippen molar-refractivity contribution in [1.82, 2.24) is 5.32 Å². The average molecular weight is 260 g/mol. The predicted molar refractivity (Wildman–Crippen MR) is 72.7 cm³/mol. The van der Waals surface area contributed by atoms with Gasteiger partial charge in [0.2, 0.25) is 0 Å². The summed E-state index contributed by atoms with van der Waals surface area (Å²) < 4.78 is 5.40. The Labute approximate surface area is 114 Å². The number of hydrogen-bond acceptors (Lipinski definition) is 4. The second kappa shape index (κ2) is 7.13. The van der Waals surface area contributed by atoms with E-state index in [0.717, 1.165) is 37.0 Å². The molecule has 0 aliphatic heterocycles. The average Bonchev–Trinajstić information content (AvgIpc) is 2.44. The van der Waals surface area contributed by atoms with Crippen LogP contribution in [-0.4, -0.2) is 23.9 Å². The number of ether oxygens (including phenoxy) is 1. The van der Waals surface area contributed by atoms with Gasteiger partial charge in [0, 0.05) is 18.2 Å². The minimum atomic E-state index is -0.170. The molecule has 0 amide bonds. The van der Waals surface area contributed by atoms with Crippen molar-refractivity contribution in [2.45, 2.75) is 44.4 Å². The first-order chi connectivity index (χ1) is 9.29. The lowest BCUT2D eigenvalue weighted by Crippen LogP contribution is -2.35. The number of hydrogen-bond donors (Lipinski definition) is 2. The molecule has 19 heavy (non-hydrogen) atoms. The summed E-state index contributed by atoms with van der Waals surface area (Å²) in [6.07, 6.45) is 3.75. The first-order valence-corrected chi connectivity index (χ1v) is 6.78. The molecule has 4 nitrogen and oxygen atoms in total. The minimum Gasteiger partial charge on any atom is -0.478 e. The Hall–Kier alpha value is -1.57. The zero-order valence-corrected chi connectivity index (χ0v) is 11.0. The molecule has 0 aromatic heterocycles. The normalized spacial score (nSPS) is 22.7. The van der Waals surface area contributed by atoms with Crippen molar-refractivity contribution in [2.75, 3.05) is 6.61 Å². The van der Waals surface area contributed by atoms with Gasteiger partial charge in [-0.25, -0.2) is 0 Å². The van der Waals surface area contributed by atoms with Gasteiger partial charge in [-0.2, -0.15) is 5.26 Å². The van der Waals surface area contributed by atoms with E-state index in [1.165, 1.54) is 0 Å². The summed E-state index contributed by atoms with van der Waals surface area (Å²) in [6.45, 7) is 0.776. The fraction of sp³-hybridized carbons (Fsp3) is 0.533. The molecule has 4 heteroatoms. The molecular weight excluding hydrogens is 240 g/mol. The Bertz CT molecular complexity index is 442. The third kappa shape index (κ3) is 4.23. The van der Waals surface area contributed by atoms with Crippen molar-refractivity contribution in [1.29, 1.82) is 5.26 Å². The Morgan fingerprint density at radius 1 is 1.37 bits per heavy atom. The van der Waals surface area contributed by atoms with Crippen molar-refractivity contribution in [3.8, 4) is 11.8 Å². The SMILES string of the molecule is N#CCOc1ccccc1CNC1CCCC(O)C1. The topological polar surface area (TPSA) is 65.3 Å². The van der Waals surface area contributed by atoms with Gasteiger partial charge in [-0.05, 0) is 31.7 Å². The van der Waals surface area contributed by atoms with Crippen LogP contribution < -0.4 is 10.1 Å². The number of nitrogens with zero attached hydrogens (tertiary/aromatic N) is 1. The quantitative estimate of drug-likeness (QED) is 0.849. The molecule has 0 spiro atoms. The Morgan fingerprint density at radius 3 is 3.00 bits per heavy atom. The van der Waals surface area contributed by atoms with Crippen LogP contribution in [0.1, 0.15) is 31.2 Å². The number of benzene rings is 1. The van der Waals surface area contributed by atoms with Gasteiger partial charge in [0.25, 0.3) is 0 Å². The first kappa shape index (κ1) is 13.9. The van der Waals surface area contributed by atoms with Crippen molar-refractivity contribution < 1.29 is 9.84 Å². The van der Waals surface area contributed by atoms with Crippen LogP contribution in [0.25, 0.3) is 0 Å². The largest absolute Gasteiger partial charge is 0.478 e. The molecule has 102 valence electrons. The van der Waals surface area contributed by atoms with Crippen molar-refractivity contribution in [3.05, 3.63) is 29.8 Å². The van der Waals surface area contributed by atoms with E-state index in [1.54, 1.807) is 0 Å². The Kier molecular flexibility index (Phi) is 5.20. The van der Waals surface area contributed by atoms with E-state index in [2.05, 4.69) is 5.32 Å². The van der Waals surface area contributed by atoms with Gasteiger partial charge in [0.1, 0.15) is 11.8 Å². The van der Waals surface area contributed by atoms with E-state index in [1.807, 2.05) is 30.3 Å². The minimum absolute atomic E-state index is 0.0686. The lowest BCUT2D eigenvalue weighted by Gasteiger charge is -2.27. The monoisotopic (exact) mass is 260 g/mol. The van der Waals surface area contributed by atoms with Crippen LogP contribution in [0.4, 0.5) is 0 Å². The van der Waals surface area contributed by atoms with Gasteiger partial charge in [-0.15, -0.1) is 0 Å². The van der Waals surface area contributed by atoms with Gasteiger partial charge in [0.15, 0.2) is 6.61 Å². The highest BCUT2D eigenvalue weighted by Gasteiger charge is 2.19. The van der Waals surface area contributed by atoms with Crippen LogP contribution in [0, 0.1) is 11.3 Å². The summed E-state index contributed by atoms with van der Waals surface area (Å²) in [7, 11) is 0. The zero-order valence-electron chi connectivity index (χ0n) is 11.0. The number of aliphatic hydroxyl groups excluding tert-OH is 1. The maximum Gasteiger partial charge on any atom is 0.174 e. The maximum atomic E-state index is 9.65. The third-order valence-electron chi connectivity index (χ3n) is 3.49. The van der Waals surface area contributed by atoms with E-state index in [9.17, 15) is 5.11 Å². The Morgan fingerprint density at radius 2 is 2.21 bits per heavy atom. The molecule has 0 saturated heterocycles. The third-order valence-corrected chi connectivity index (χ3v) is 3.49. The van der Waals surface area contributed by atoms with Gasteiger partial charge in [0.05, 0.1) is 6.10 Å². The lowest BCUT2D eigenvalue weighted by molar-refractivity contribution is 0.111. The van der Waals surface area contributed by atoms with Gasteiger partial charge >= 0.3 is 0 Å². The van der Waals surface area contributed by atoms with Gasteiger partial charge in [-0.1, -0.05) is 18.2 Å². The van der Waals surface area contributed by atoms with E-state index in [0.29, 0.717) is 12.6 Å². The summed E-state index contributed by atoms with van der Waals surface area (Å²) in [5.74, 6) is 0.757. The number of para-hydroxylation sites is 1. The predicted octanol–water partition coefficient (Wildman–Crippen LogP) is 1.98. The van der Waals surface area contributed by atoms with Gasteiger partial charge in [-0.3, -0.25) is 0 Å². The number of nitriles is 1. The van der Waals surface area contributed by atoms with Crippen molar-refractivity contribution in [3.63, 3.8) is 0 Å². The highest BCUT2D eigenvalue weighted by atomic mass is 16.5. The number of aliphatic hydroxyl groups is 1. The van der Waals surface area contributed by atoms with Crippen LogP contribution in [0.3, 0.4) is 0 Å². The molecule has 1 aliphatic rings.